The molecule has 4 rings (SSSR count). The van der Waals surface area contributed by atoms with Gasteiger partial charge in [-0.15, -0.1) is 0 Å². The van der Waals surface area contributed by atoms with Crippen molar-refractivity contribution < 1.29 is 31.5 Å². The molecule has 0 spiro atoms. The van der Waals surface area contributed by atoms with Gasteiger partial charge in [0, 0.05) is 18.8 Å². The quantitative estimate of drug-likeness (QED) is 0.514. The van der Waals surface area contributed by atoms with Crippen LogP contribution >= 0.6 is 0 Å². The van der Waals surface area contributed by atoms with E-state index in [0.717, 1.165) is 22.9 Å². The number of carbonyl (C=O) groups is 2. The molecule has 3 aromatic rings. The summed E-state index contributed by atoms with van der Waals surface area (Å²) in [6, 6.07) is 2.13. The lowest BCUT2D eigenvalue weighted by Gasteiger charge is -2.21. The van der Waals surface area contributed by atoms with Crippen molar-refractivity contribution in [3.8, 4) is 5.69 Å². The summed E-state index contributed by atoms with van der Waals surface area (Å²) in [5.41, 5.74) is -2.15. The second-order valence-electron chi connectivity index (χ2n) is 8.26. The van der Waals surface area contributed by atoms with E-state index < -0.39 is 53.2 Å². The second-order valence-corrected chi connectivity index (χ2v) is 8.26. The van der Waals surface area contributed by atoms with E-state index in [-0.39, 0.29) is 28.6 Å². The number of amides is 3. The van der Waals surface area contributed by atoms with Gasteiger partial charge in [-0.05, 0) is 37.6 Å². The average Bonchev–Trinajstić information content (AvgIpc) is 3.14. The Balaban J connectivity index is 1.94. The molecular weight excluding hydrogens is 489 g/mol. The number of nitrogens with zero attached hydrogens (tertiary/aromatic N) is 3. The lowest BCUT2D eigenvalue weighted by Crippen LogP contribution is -2.46. The molecule has 1 aliphatic heterocycles. The largest absolute Gasteiger partial charge is 0.408 e. The Morgan fingerprint density at radius 2 is 1.94 bits per heavy atom. The van der Waals surface area contributed by atoms with Gasteiger partial charge in [0.1, 0.15) is 29.1 Å². The highest BCUT2D eigenvalue weighted by Gasteiger charge is 2.40. The first-order valence-corrected chi connectivity index (χ1v) is 10.9. The van der Waals surface area contributed by atoms with Gasteiger partial charge in [-0.1, -0.05) is 6.92 Å². The summed E-state index contributed by atoms with van der Waals surface area (Å²) in [4.78, 5) is 43.8. The molecule has 1 saturated heterocycles. The molecule has 36 heavy (non-hydrogen) atoms. The van der Waals surface area contributed by atoms with Gasteiger partial charge in [0.05, 0.1) is 17.1 Å². The second kappa shape index (κ2) is 9.21. The molecule has 1 aromatic carbocycles. The molecule has 0 bridgehead atoms. The van der Waals surface area contributed by atoms with Gasteiger partial charge < -0.3 is 10.6 Å². The Labute approximate surface area is 200 Å². The molecular formula is C23H20F5N5O3. The van der Waals surface area contributed by atoms with Gasteiger partial charge in [-0.2, -0.15) is 13.2 Å². The van der Waals surface area contributed by atoms with Crippen molar-refractivity contribution in [2.45, 2.75) is 38.5 Å². The van der Waals surface area contributed by atoms with Crippen LogP contribution in [0, 0.1) is 11.6 Å². The van der Waals surface area contributed by atoms with Crippen molar-refractivity contribution in [1.29, 1.82) is 0 Å². The fourth-order valence-electron chi connectivity index (χ4n) is 3.94. The van der Waals surface area contributed by atoms with Crippen molar-refractivity contribution in [3.63, 3.8) is 0 Å². The van der Waals surface area contributed by atoms with Crippen molar-refractivity contribution in [3.05, 3.63) is 63.9 Å². The topological polar surface area (TPSA) is 96.3 Å². The molecule has 2 unspecified atom stereocenters. The number of carbonyl (C=O) groups excluding carboxylic acids is 2. The lowest BCUT2D eigenvalue weighted by molar-refractivity contribution is -0.153. The van der Waals surface area contributed by atoms with E-state index in [4.69, 9.17) is 0 Å². The van der Waals surface area contributed by atoms with Crippen LogP contribution in [0.1, 0.15) is 30.6 Å². The highest BCUT2D eigenvalue weighted by atomic mass is 19.4. The van der Waals surface area contributed by atoms with Gasteiger partial charge in [0.2, 0.25) is 5.43 Å². The summed E-state index contributed by atoms with van der Waals surface area (Å²) in [7, 11) is 0. The molecule has 0 radical (unpaired) electrons. The maximum absolute atomic E-state index is 14.8. The number of hydrogen-bond acceptors (Lipinski definition) is 4. The van der Waals surface area contributed by atoms with Gasteiger partial charge >= 0.3 is 12.2 Å². The average molecular weight is 509 g/mol. The molecule has 8 nitrogen and oxygen atoms in total. The number of aromatic nitrogens is 2. The van der Waals surface area contributed by atoms with E-state index in [1.54, 1.807) is 12.2 Å². The molecule has 13 heteroatoms. The molecule has 1 aliphatic rings. The van der Waals surface area contributed by atoms with Gasteiger partial charge in [0.15, 0.2) is 5.65 Å². The zero-order valence-electron chi connectivity index (χ0n) is 19.0. The molecule has 2 N–H and O–H groups in total. The van der Waals surface area contributed by atoms with E-state index in [2.05, 4.69) is 10.3 Å². The van der Waals surface area contributed by atoms with Gasteiger partial charge in [0.25, 0.3) is 5.91 Å². The normalized spacial score (nSPS) is 16.8. The summed E-state index contributed by atoms with van der Waals surface area (Å²) < 4.78 is 68.9. The molecule has 3 amide bonds. The van der Waals surface area contributed by atoms with Crippen LogP contribution in [0.15, 0.2) is 41.3 Å². The predicted octanol–water partition coefficient (Wildman–Crippen LogP) is 3.65. The van der Waals surface area contributed by atoms with E-state index in [1.165, 1.54) is 24.0 Å². The molecule has 190 valence electrons. The van der Waals surface area contributed by atoms with Crippen LogP contribution in [-0.4, -0.2) is 46.3 Å². The first kappa shape index (κ1) is 25.1. The van der Waals surface area contributed by atoms with Gasteiger partial charge in [-0.3, -0.25) is 19.1 Å². The van der Waals surface area contributed by atoms with Crippen LogP contribution in [-0.2, 0) is 0 Å². The summed E-state index contributed by atoms with van der Waals surface area (Å²) in [6.45, 7) is 3.29. The monoisotopic (exact) mass is 509 g/mol. The number of rotatable bonds is 5. The Morgan fingerprint density at radius 1 is 1.22 bits per heavy atom. The van der Waals surface area contributed by atoms with Crippen LogP contribution in [0.25, 0.3) is 16.7 Å². The third kappa shape index (κ3) is 4.48. The number of hydrogen-bond donors (Lipinski definition) is 2. The maximum atomic E-state index is 14.8. The third-order valence-electron chi connectivity index (χ3n) is 5.81. The van der Waals surface area contributed by atoms with E-state index in [1.807, 2.05) is 0 Å². The predicted molar refractivity (Wildman–Crippen MR) is 120 cm³/mol. The molecule has 1 fully saturated rings. The first-order valence-electron chi connectivity index (χ1n) is 10.9. The number of benzene rings is 1. The van der Waals surface area contributed by atoms with Crippen molar-refractivity contribution in [2.75, 3.05) is 11.4 Å². The molecule has 0 aliphatic carbocycles. The molecule has 0 saturated carbocycles. The minimum atomic E-state index is -4.76. The Bertz CT molecular complexity index is 1420. The van der Waals surface area contributed by atoms with Crippen molar-refractivity contribution >= 4 is 28.8 Å². The van der Waals surface area contributed by atoms with Crippen molar-refractivity contribution in [1.82, 2.24) is 20.2 Å². The first-order chi connectivity index (χ1) is 16.9. The molecule has 3 heterocycles. The summed E-state index contributed by atoms with van der Waals surface area (Å²) in [6.07, 6.45) is -4.39. The SMILES string of the molecule is CCC(NC(=O)c1cn(-c2ccc(F)cc2F)c2nc(N3C(=O)NCC3C)ccc2c1=O)C(F)(F)F. The van der Waals surface area contributed by atoms with Crippen LogP contribution in [0.5, 0.6) is 0 Å². The summed E-state index contributed by atoms with van der Waals surface area (Å²) >= 11 is 0. The third-order valence-corrected chi connectivity index (χ3v) is 5.81. The standard InChI is InChI=1S/C23H20F5N5O3/c1-3-17(23(26,27)28)30-21(35)14-10-32(16-6-4-12(24)8-15(16)25)20-13(19(14)34)5-7-18(31-20)33-11(2)9-29-22(33)36/h4-8,10-11,17H,3,9H2,1-2H3,(H,29,36)(H,30,35). The number of anilines is 1. The Hall–Kier alpha value is -4.03. The lowest BCUT2D eigenvalue weighted by atomic mass is 10.1. The van der Waals surface area contributed by atoms with Crippen LogP contribution in [0.2, 0.25) is 0 Å². The summed E-state index contributed by atoms with van der Waals surface area (Å²) in [5, 5.41) is 4.20. The fraction of sp³-hybridized carbons (Fsp3) is 0.304. The minimum Gasteiger partial charge on any atom is -0.340 e. The Morgan fingerprint density at radius 3 is 2.53 bits per heavy atom. The smallest absolute Gasteiger partial charge is 0.340 e. The van der Waals surface area contributed by atoms with Crippen LogP contribution < -0.4 is 21.0 Å². The van der Waals surface area contributed by atoms with E-state index in [0.29, 0.717) is 12.6 Å². The Kier molecular flexibility index (Phi) is 6.41. The number of fused-ring (bicyclic) bond motifs is 1. The van der Waals surface area contributed by atoms with Crippen LogP contribution in [0.4, 0.5) is 32.6 Å². The minimum absolute atomic E-state index is 0.112. The highest BCUT2D eigenvalue weighted by molar-refractivity contribution is 5.98. The number of nitrogens with one attached hydrogen (secondary N) is 2. The summed E-state index contributed by atoms with van der Waals surface area (Å²) in [5.74, 6) is -3.18. The zero-order valence-corrected chi connectivity index (χ0v) is 19.0. The van der Waals surface area contributed by atoms with Gasteiger partial charge in [-0.25, -0.2) is 18.6 Å². The zero-order chi connectivity index (χ0) is 26.4. The van der Waals surface area contributed by atoms with Crippen LogP contribution in [0.3, 0.4) is 0 Å². The highest BCUT2D eigenvalue weighted by Crippen LogP contribution is 2.26. The fourth-order valence-corrected chi connectivity index (χ4v) is 3.94. The number of alkyl halides is 3. The van der Waals surface area contributed by atoms with Crippen molar-refractivity contribution in [2.24, 2.45) is 0 Å². The number of pyridine rings is 2. The maximum Gasteiger partial charge on any atom is 0.408 e. The molecule has 2 aromatic heterocycles. The number of urea groups is 1. The van der Waals surface area contributed by atoms with E-state index >= 15 is 0 Å². The molecule has 2 atom stereocenters. The number of halogens is 5. The van der Waals surface area contributed by atoms with E-state index in [9.17, 15) is 36.3 Å².